The van der Waals surface area contributed by atoms with E-state index in [9.17, 15) is 9.59 Å². The summed E-state index contributed by atoms with van der Waals surface area (Å²) in [5.41, 5.74) is 1.54. The van der Waals surface area contributed by atoms with Gasteiger partial charge in [0.05, 0.1) is 0 Å². The highest BCUT2D eigenvalue weighted by molar-refractivity contribution is 7.07. The van der Waals surface area contributed by atoms with Gasteiger partial charge in [0.15, 0.2) is 0 Å². The first-order valence-corrected chi connectivity index (χ1v) is 6.04. The molecule has 0 unspecified atom stereocenters. The van der Waals surface area contributed by atoms with E-state index in [1.54, 1.807) is 17.5 Å². The van der Waals surface area contributed by atoms with Crippen molar-refractivity contribution in [1.29, 1.82) is 0 Å². The first-order chi connectivity index (χ1) is 8.16. The largest absolute Gasteiger partial charge is 0.325 e. The third-order valence-electron chi connectivity index (χ3n) is 2.34. The van der Waals surface area contributed by atoms with Crippen LogP contribution in [0, 0.1) is 6.92 Å². The number of aromatic nitrogens is 1. The summed E-state index contributed by atoms with van der Waals surface area (Å²) in [6.45, 7) is 1.87. The lowest BCUT2D eigenvalue weighted by atomic mass is 10.3. The van der Waals surface area contributed by atoms with Crippen molar-refractivity contribution < 1.29 is 4.79 Å². The van der Waals surface area contributed by atoms with Crippen LogP contribution in [0.4, 0.5) is 5.69 Å². The summed E-state index contributed by atoms with van der Waals surface area (Å²) >= 11 is 1.11. The minimum Gasteiger partial charge on any atom is -0.325 e. The highest BCUT2D eigenvalue weighted by Crippen LogP contribution is 2.05. The number of nitrogens with one attached hydrogen (secondary N) is 1. The van der Waals surface area contributed by atoms with E-state index in [1.807, 2.05) is 25.1 Å². The fraction of sp³-hybridized carbons (Fsp3) is 0.167. The van der Waals surface area contributed by atoms with Crippen molar-refractivity contribution in [1.82, 2.24) is 4.57 Å². The summed E-state index contributed by atoms with van der Waals surface area (Å²) in [6.07, 6.45) is 0. The maximum absolute atomic E-state index is 11.7. The van der Waals surface area contributed by atoms with Gasteiger partial charge < -0.3 is 5.32 Å². The van der Waals surface area contributed by atoms with Crippen molar-refractivity contribution in [3.05, 3.63) is 51.1 Å². The number of para-hydroxylation sites is 1. The molecule has 2 aromatic rings. The summed E-state index contributed by atoms with van der Waals surface area (Å²) in [5, 5.41) is 4.49. The highest BCUT2D eigenvalue weighted by Gasteiger charge is 2.08. The number of nitrogens with zero attached hydrogens (tertiary/aromatic N) is 1. The Bertz CT molecular complexity index is 572. The molecule has 1 aromatic heterocycles. The lowest BCUT2D eigenvalue weighted by molar-refractivity contribution is -0.116. The number of anilines is 1. The van der Waals surface area contributed by atoms with Crippen molar-refractivity contribution in [3.8, 4) is 0 Å². The molecule has 0 saturated carbocycles. The first kappa shape index (κ1) is 11.6. The second-order valence-corrected chi connectivity index (χ2v) is 4.46. The molecule has 88 valence electrons. The van der Waals surface area contributed by atoms with Crippen LogP contribution in [0.2, 0.25) is 0 Å². The van der Waals surface area contributed by atoms with Gasteiger partial charge in [0.1, 0.15) is 6.54 Å². The Kier molecular flexibility index (Phi) is 3.39. The molecule has 0 bridgehead atoms. The molecule has 0 aliphatic heterocycles. The van der Waals surface area contributed by atoms with Crippen molar-refractivity contribution in [2.75, 3.05) is 5.32 Å². The maximum atomic E-state index is 11.7. The molecule has 0 saturated heterocycles. The molecule has 2 rings (SSSR count). The van der Waals surface area contributed by atoms with Crippen molar-refractivity contribution in [2.24, 2.45) is 0 Å². The predicted molar refractivity (Wildman–Crippen MR) is 68.4 cm³/mol. The van der Waals surface area contributed by atoms with Crippen LogP contribution in [-0.4, -0.2) is 10.5 Å². The van der Waals surface area contributed by atoms with Crippen molar-refractivity contribution in [3.63, 3.8) is 0 Å². The number of hydrogen-bond donors (Lipinski definition) is 1. The number of thiazole rings is 1. The molecule has 5 heteroatoms. The van der Waals surface area contributed by atoms with Crippen molar-refractivity contribution >= 4 is 22.9 Å². The fourth-order valence-corrected chi connectivity index (χ4v) is 2.20. The Morgan fingerprint density at radius 1 is 1.35 bits per heavy atom. The molecule has 0 radical (unpaired) electrons. The number of amides is 1. The summed E-state index contributed by atoms with van der Waals surface area (Å²) in [4.78, 5) is 23.0. The summed E-state index contributed by atoms with van der Waals surface area (Å²) < 4.78 is 1.46. The molecule has 1 N–H and O–H groups in total. The topological polar surface area (TPSA) is 51.1 Å². The number of carbonyl (C=O) groups is 1. The van der Waals surface area contributed by atoms with Gasteiger partial charge in [0.2, 0.25) is 5.91 Å². The van der Waals surface area contributed by atoms with Gasteiger partial charge in [-0.05, 0) is 19.1 Å². The molecule has 4 nitrogen and oxygen atoms in total. The normalized spacial score (nSPS) is 10.2. The number of rotatable bonds is 3. The van der Waals surface area contributed by atoms with Crippen LogP contribution >= 0.6 is 11.3 Å². The molecule has 1 heterocycles. The summed E-state index contributed by atoms with van der Waals surface area (Å²) in [7, 11) is 0. The molecule has 0 spiro atoms. The number of aryl methyl sites for hydroxylation is 1. The Morgan fingerprint density at radius 3 is 2.65 bits per heavy atom. The number of benzene rings is 1. The van der Waals surface area contributed by atoms with Crippen LogP contribution in [0.3, 0.4) is 0 Å². The zero-order chi connectivity index (χ0) is 12.3. The lowest BCUT2D eigenvalue weighted by Crippen LogP contribution is -2.25. The molecule has 17 heavy (non-hydrogen) atoms. The van der Waals surface area contributed by atoms with E-state index in [2.05, 4.69) is 5.32 Å². The smallest absolute Gasteiger partial charge is 0.307 e. The van der Waals surface area contributed by atoms with Gasteiger partial charge in [0, 0.05) is 16.8 Å². The molecule has 0 aliphatic rings. The first-order valence-electron chi connectivity index (χ1n) is 5.16. The zero-order valence-electron chi connectivity index (χ0n) is 9.34. The second-order valence-electron chi connectivity index (χ2n) is 3.64. The standard InChI is InChI=1S/C12H12N2O2S/c1-9-8-17-12(16)14(9)7-11(15)13-10-5-3-2-4-6-10/h2-6,8H,7H2,1H3,(H,13,15). The lowest BCUT2D eigenvalue weighted by Gasteiger charge is -2.06. The predicted octanol–water partition coefficient (Wildman–Crippen LogP) is 1.86. The van der Waals surface area contributed by atoms with E-state index in [0.717, 1.165) is 22.7 Å². The van der Waals surface area contributed by atoms with Crippen LogP contribution in [0.15, 0.2) is 40.5 Å². The summed E-state index contributed by atoms with van der Waals surface area (Å²) in [6, 6.07) is 9.18. The zero-order valence-corrected chi connectivity index (χ0v) is 10.2. The number of carbonyl (C=O) groups excluding carboxylic acids is 1. The molecule has 1 aromatic carbocycles. The SMILES string of the molecule is Cc1csc(=O)n1CC(=O)Nc1ccccc1. The molecular weight excluding hydrogens is 236 g/mol. The Labute approximate surface area is 103 Å². The second kappa shape index (κ2) is 4.97. The van der Waals surface area contributed by atoms with Gasteiger partial charge in [-0.15, -0.1) is 0 Å². The van der Waals surface area contributed by atoms with Crippen LogP contribution in [0.25, 0.3) is 0 Å². The van der Waals surface area contributed by atoms with Crippen molar-refractivity contribution in [2.45, 2.75) is 13.5 Å². The Morgan fingerprint density at radius 2 is 2.06 bits per heavy atom. The third kappa shape index (κ3) is 2.82. The van der Waals surface area contributed by atoms with Crippen LogP contribution < -0.4 is 10.2 Å². The van der Waals surface area contributed by atoms with E-state index in [4.69, 9.17) is 0 Å². The third-order valence-corrected chi connectivity index (χ3v) is 3.22. The Hall–Kier alpha value is -1.88. The van der Waals surface area contributed by atoms with E-state index in [-0.39, 0.29) is 17.3 Å². The van der Waals surface area contributed by atoms with E-state index in [1.165, 1.54) is 4.57 Å². The molecule has 0 fully saturated rings. The monoisotopic (exact) mass is 248 g/mol. The van der Waals surface area contributed by atoms with Gasteiger partial charge in [-0.3, -0.25) is 14.2 Å². The molecule has 0 atom stereocenters. The van der Waals surface area contributed by atoms with Crippen LogP contribution in [0.1, 0.15) is 5.69 Å². The minimum atomic E-state index is -0.195. The highest BCUT2D eigenvalue weighted by atomic mass is 32.1. The van der Waals surface area contributed by atoms with Gasteiger partial charge in [-0.1, -0.05) is 29.5 Å². The van der Waals surface area contributed by atoms with E-state index in [0.29, 0.717) is 0 Å². The van der Waals surface area contributed by atoms with Gasteiger partial charge in [0.25, 0.3) is 0 Å². The Balaban J connectivity index is 2.06. The average Bonchev–Trinajstić information content (AvgIpc) is 2.62. The maximum Gasteiger partial charge on any atom is 0.307 e. The quantitative estimate of drug-likeness (QED) is 0.901. The van der Waals surface area contributed by atoms with Crippen LogP contribution in [-0.2, 0) is 11.3 Å². The van der Waals surface area contributed by atoms with E-state index < -0.39 is 0 Å². The number of hydrogen-bond acceptors (Lipinski definition) is 3. The minimum absolute atomic E-state index is 0.0586. The van der Waals surface area contributed by atoms with Gasteiger partial charge in [-0.25, -0.2) is 0 Å². The fourth-order valence-electron chi connectivity index (χ4n) is 1.46. The van der Waals surface area contributed by atoms with E-state index >= 15 is 0 Å². The molecular formula is C12H12N2O2S. The van der Waals surface area contributed by atoms with Gasteiger partial charge in [-0.2, -0.15) is 0 Å². The average molecular weight is 248 g/mol. The van der Waals surface area contributed by atoms with Crippen LogP contribution in [0.5, 0.6) is 0 Å². The molecule has 0 aliphatic carbocycles. The summed E-state index contributed by atoms with van der Waals surface area (Å²) in [5.74, 6) is -0.195. The van der Waals surface area contributed by atoms with Gasteiger partial charge >= 0.3 is 4.87 Å². The molecule has 1 amide bonds.